The summed E-state index contributed by atoms with van der Waals surface area (Å²) < 4.78 is 0. The second-order valence-corrected chi connectivity index (χ2v) is 4.29. The Kier molecular flexibility index (Phi) is 1.88. The molecule has 2 nitrogen and oxygen atoms in total. The molecule has 1 saturated carbocycles. The molecule has 76 valence electrons. The van der Waals surface area contributed by atoms with Crippen LogP contribution in [-0.2, 0) is 6.42 Å². The van der Waals surface area contributed by atoms with Gasteiger partial charge in [-0.05, 0) is 37.3 Å². The smallest absolute Gasteiger partial charge is 0.137 e. The van der Waals surface area contributed by atoms with E-state index in [1.807, 2.05) is 30.3 Å². The van der Waals surface area contributed by atoms with Gasteiger partial charge >= 0.3 is 0 Å². The lowest BCUT2D eigenvalue weighted by atomic mass is 10.1. The summed E-state index contributed by atoms with van der Waals surface area (Å²) in [6, 6.07) is 9.73. The van der Waals surface area contributed by atoms with Gasteiger partial charge in [0.15, 0.2) is 0 Å². The Bertz CT molecular complexity index is 503. The molecular formula is C13H13NO. The van der Waals surface area contributed by atoms with E-state index >= 15 is 0 Å². The number of fused-ring (bicyclic) bond motifs is 1. The van der Waals surface area contributed by atoms with Crippen molar-refractivity contribution in [2.75, 3.05) is 0 Å². The van der Waals surface area contributed by atoms with Crippen LogP contribution in [0.25, 0.3) is 10.9 Å². The van der Waals surface area contributed by atoms with Gasteiger partial charge in [0.2, 0.25) is 0 Å². The highest BCUT2D eigenvalue weighted by Crippen LogP contribution is 2.35. The molecule has 2 aromatic rings. The summed E-state index contributed by atoms with van der Waals surface area (Å²) in [5, 5.41) is 10.8. The predicted molar refractivity (Wildman–Crippen MR) is 59.8 cm³/mol. The van der Waals surface area contributed by atoms with Gasteiger partial charge in [-0.3, -0.25) is 0 Å². The van der Waals surface area contributed by atoms with Gasteiger partial charge in [0.1, 0.15) is 5.75 Å². The molecule has 0 atom stereocenters. The van der Waals surface area contributed by atoms with Gasteiger partial charge in [-0.2, -0.15) is 0 Å². The van der Waals surface area contributed by atoms with Crippen LogP contribution in [0.1, 0.15) is 18.5 Å². The third kappa shape index (κ3) is 1.67. The fourth-order valence-electron chi connectivity index (χ4n) is 1.89. The molecule has 0 amide bonds. The van der Waals surface area contributed by atoms with Crippen LogP contribution in [0.15, 0.2) is 30.3 Å². The van der Waals surface area contributed by atoms with Crippen molar-refractivity contribution in [3.63, 3.8) is 0 Å². The van der Waals surface area contributed by atoms with E-state index in [2.05, 4.69) is 4.98 Å². The Hall–Kier alpha value is -1.57. The maximum Gasteiger partial charge on any atom is 0.137 e. The number of rotatable bonds is 2. The molecule has 3 rings (SSSR count). The van der Waals surface area contributed by atoms with Gasteiger partial charge in [-0.1, -0.05) is 18.2 Å². The van der Waals surface area contributed by atoms with E-state index in [-0.39, 0.29) is 0 Å². The summed E-state index contributed by atoms with van der Waals surface area (Å²) in [6.45, 7) is 0. The molecule has 1 aliphatic rings. The minimum absolute atomic E-state index is 0.348. The SMILES string of the molecule is Oc1cc2ccccc2nc1CC1CC1. The van der Waals surface area contributed by atoms with Crippen molar-refractivity contribution in [2.24, 2.45) is 5.92 Å². The molecule has 0 aliphatic heterocycles. The first-order chi connectivity index (χ1) is 7.33. The molecule has 1 heterocycles. The zero-order valence-corrected chi connectivity index (χ0v) is 8.48. The molecular weight excluding hydrogens is 186 g/mol. The molecule has 0 spiro atoms. The van der Waals surface area contributed by atoms with E-state index < -0.39 is 0 Å². The molecule has 1 fully saturated rings. The maximum atomic E-state index is 9.82. The Labute approximate surface area is 88.6 Å². The first-order valence-corrected chi connectivity index (χ1v) is 5.40. The second kappa shape index (κ2) is 3.23. The Morgan fingerprint density at radius 3 is 2.87 bits per heavy atom. The largest absolute Gasteiger partial charge is 0.506 e. The Morgan fingerprint density at radius 2 is 2.07 bits per heavy atom. The number of aromatic nitrogens is 1. The quantitative estimate of drug-likeness (QED) is 0.806. The molecule has 0 saturated heterocycles. The topological polar surface area (TPSA) is 33.1 Å². The van der Waals surface area contributed by atoms with Crippen molar-refractivity contribution in [1.29, 1.82) is 0 Å². The molecule has 2 heteroatoms. The zero-order chi connectivity index (χ0) is 10.3. The average molecular weight is 199 g/mol. The van der Waals surface area contributed by atoms with Crippen molar-refractivity contribution in [3.05, 3.63) is 36.0 Å². The summed E-state index contributed by atoms with van der Waals surface area (Å²) in [4.78, 5) is 4.50. The molecule has 0 bridgehead atoms. The highest BCUT2D eigenvalue weighted by Gasteiger charge is 2.23. The molecule has 1 aromatic heterocycles. The fourth-order valence-corrected chi connectivity index (χ4v) is 1.89. The fraction of sp³-hybridized carbons (Fsp3) is 0.308. The van der Waals surface area contributed by atoms with E-state index in [9.17, 15) is 5.11 Å². The van der Waals surface area contributed by atoms with E-state index in [0.717, 1.165) is 28.9 Å². The van der Waals surface area contributed by atoms with Crippen LogP contribution in [0.2, 0.25) is 0 Å². The Morgan fingerprint density at radius 1 is 1.27 bits per heavy atom. The first kappa shape index (κ1) is 8.72. The van der Waals surface area contributed by atoms with E-state index in [0.29, 0.717) is 5.75 Å². The lowest BCUT2D eigenvalue weighted by Gasteiger charge is -2.04. The number of aromatic hydroxyl groups is 1. The minimum atomic E-state index is 0.348. The normalized spacial score (nSPS) is 15.7. The lowest BCUT2D eigenvalue weighted by Crippen LogP contribution is -1.93. The number of nitrogens with zero attached hydrogens (tertiary/aromatic N) is 1. The van der Waals surface area contributed by atoms with Crippen LogP contribution >= 0.6 is 0 Å². The van der Waals surface area contributed by atoms with E-state index in [4.69, 9.17) is 0 Å². The molecule has 1 aliphatic carbocycles. The van der Waals surface area contributed by atoms with Crippen LogP contribution in [-0.4, -0.2) is 10.1 Å². The first-order valence-electron chi connectivity index (χ1n) is 5.40. The molecule has 0 radical (unpaired) electrons. The number of pyridine rings is 1. The highest BCUT2D eigenvalue weighted by atomic mass is 16.3. The number of benzene rings is 1. The van der Waals surface area contributed by atoms with Crippen LogP contribution in [0.3, 0.4) is 0 Å². The number of hydrogen-bond acceptors (Lipinski definition) is 2. The summed E-state index contributed by atoms with van der Waals surface area (Å²) in [6.07, 6.45) is 3.50. The lowest BCUT2D eigenvalue weighted by molar-refractivity contribution is 0.463. The third-order valence-corrected chi connectivity index (χ3v) is 2.96. The molecule has 0 unspecified atom stereocenters. The van der Waals surface area contributed by atoms with Gasteiger partial charge in [0, 0.05) is 5.39 Å². The van der Waals surface area contributed by atoms with Crippen molar-refractivity contribution in [3.8, 4) is 5.75 Å². The highest BCUT2D eigenvalue weighted by molar-refractivity contribution is 5.80. The van der Waals surface area contributed by atoms with Crippen molar-refractivity contribution >= 4 is 10.9 Å². The monoisotopic (exact) mass is 199 g/mol. The van der Waals surface area contributed by atoms with Gasteiger partial charge in [-0.15, -0.1) is 0 Å². The van der Waals surface area contributed by atoms with E-state index in [1.54, 1.807) is 0 Å². The number of hydrogen-bond donors (Lipinski definition) is 1. The van der Waals surface area contributed by atoms with Gasteiger partial charge in [0.25, 0.3) is 0 Å². The molecule has 15 heavy (non-hydrogen) atoms. The van der Waals surface area contributed by atoms with Crippen LogP contribution in [0.4, 0.5) is 0 Å². The zero-order valence-electron chi connectivity index (χ0n) is 8.48. The number of para-hydroxylation sites is 1. The van der Waals surface area contributed by atoms with E-state index in [1.165, 1.54) is 12.8 Å². The van der Waals surface area contributed by atoms with Crippen molar-refractivity contribution in [1.82, 2.24) is 4.98 Å². The standard InChI is InChI=1S/C13H13NO/c15-13-8-10-3-1-2-4-11(10)14-12(13)7-9-5-6-9/h1-4,8-9,15H,5-7H2. The molecule has 1 aromatic carbocycles. The van der Waals surface area contributed by atoms with Crippen LogP contribution < -0.4 is 0 Å². The maximum absolute atomic E-state index is 9.82. The van der Waals surface area contributed by atoms with Gasteiger partial charge in [-0.25, -0.2) is 4.98 Å². The van der Waals surface area contributed by atoms with Crippen LogP contribution in [0.5, 0.6) is 5.75 Å². The summed E-state index contributed by atoms with van der Waals surface area (Å²) in [7, 11) is 0. The van der Waals surface area contributed by atoms with Gasteiger partial charge < -0.3 is 5.11 Å². The summed E-state index contributed by atoms with van der Waals surface area (Å²) in [5.41, 5.74) is 1.84. The van der Waals surface area contributed by atoms with Crippen molar-refractivity contribution < 1.29 is 5.11 Å². The Balaban J connectivity index is 2.08. The predicted octanol–water partition coefficient (Wildman–Crippen LogP) is 2.89. The molecule has 1 N–H and O–H groups in total. The summed E-state index contributed by atoms with van der Waals surface area (Å²) in [5.74, 6) is 1.10. The van der Waals surface area contributed by atoms with Crippen molar-refractivity contribution in [2.45, 2.75) is 19.3 Å². The third-order valence-electron chi connectivity index (χ3n) is 2.96. The van der Waals surface area contributed by atoms with Crippen LogP contribution in [0, 0.1) is 5.92 Å². The van der Waals surface area contributed by atoms with Gasteiger partial charge in [0.05, 0.1) is 11.2 Å². The second-order valence-electron chi connectivity index (χ2n) is 4.29. The minimum Gasteiger partial charge on any atom is -0.506 e. The average Bonchev–Trinajstić information content (AvgIpc) is 3.03. The summed E-state index contributed by atoms with van der Waals surface area (Å²) >= 11 is 0.